The molecule has 0 unspecified atom stereocenters. The Kier molecular flexibility index (Phi) is 6.60. The summed E-state index contributed by atoms with van der Waals surface area (Å²) in [6.07, 6.45) is 0. The average Bonchev–Trinajstić information content (AvgIpc) is 3.81. The first-order chi connectivity index (χ1) is 24.7. The number of benzene rings is 7. The van der Waals surface area contributed by atoms with Crippen molar-refractivity contribution in [1.29, 1.82) is 0 Å². The second-order valence-corrected chi connectivity index (χ2v) is 13.3. The summed E-state index contributed by atoms with van der Waals surface area (Å²) in [5.74, 6) is 2.52. The Bertz CT molecular complexity index is 2800. The van der Waals surface area contributed by atoms with E-state index in [4.69, 9.17) is 24.4 Å². The third kappa shape index (κ3) is 4.85. The SMILES string of the molecule is c1ccc(-c2nc(-c3ccccc3)nc(-c3cccc(-c4ccc(-c5nc6ccc7ccc8sc9ccccc9c8c7c6o5)cc4)c3)n2)cc1. The highest BCUT2D eigenvalue weighted by Gasteiger charge is 2.17. The molecule has 0 radical (unpaired) electrons. The summed E-state index contributed by atoms with van der Waals surface area (Å²) in [7, 11) is 0. The lowest BCUT2D eigenvalue weighted by Gasteiger charge is -2.10. The predicted octanol–water partition coefficient (Wildman–Crippen LogP) is 11.9. The summed E-state index contributed by atoms with van der Waals surface area (Å²) in [5, 5.41) is 4.75. The zero-order chi connectivity index (χ0) is 33.0. The molecule has 0 saturated heterocycles. The number of hydrogen-bond donors (Lipinski definition) is 0. The van der Waals surface area contributed by atoms with E-state index < -0.39 is 0 Å². The molecule has 0 bridgehead atoms. The fraction of sp³-hybridized carbons (Fsp3) is 0. The quantitative estimate of drug-likeness (QED) is 0.184. The molecule has 0 aliphatic rings. The van der Waals surface area contributed by atoms with Gasteiger partial charge in [-0.15, -0.1) is 11.3 Å². The van der Waals surface area contributed by atoms with E-state index in [0.717, 1.165) is 55.3 Å². The van der Waals surface area contributed by atoms with Crippen molar-refractivity contribution in [3.05, 3.63) is 158 Å². The van der Waals surface area contributed by atoms with Crippen LogP contribution in [-0.2, 0) is 0 Å². The van der Waals surface area contributed by atoms with Gasteiger partial charge < -0.3 is 4.42 Å². The van der Waals surface area contributed by atoms with Crippen molar-refractivity contribution in [3.8, 4) is 56.7 Å². The molecule has 5 nitrogen and oxygen atoms in total. The lowest BCUT2D eigenvalue weighted by atomic mass is 10.0. The zero-order valence-corrected chi connectivity index (χ0v) is 27.4. The summed E-state index contributed by atoms with van der Waals surface area (Å²) in [5.41, 5.74) is 7.55. The van der Waals surface area contributed by atoms with Gasteiger partial charge >= 0.3 is 0 Å². The second kappa shape index (κ2) is 11.6. The van der Waals surface area contributed by atoms with E-state index >= 15 is 0 Å². The fourth-order valence-electron chi connectivity index (χ4n) is 6.71. The first kappa shape index (κ1) is 28.5. The number of oxazole rings is 1. The Morgan fingerprint density at radius 3 is 1.74 bits per heavy atom. The molecule has 0 aliphatic carbocycles. The maximum Gasteiger partial charge on any atom is 0.227 e. The summed E-state index contributed by atoms with van der Waals surface area (Å²) in [6, 6.07) is 54.0. The molecule has 234 valence electrons. The summed E-state index contributed by atoms with van der Waals surface area (Å²) in [6.45, 7) is 0. The second-order valence-electron chi connectivity index (χ2n) is 12.3. The third-order valence-electron chi connectivity index (χ3n) is 9.16. The van der Waals surface area contributed by atoms with Crippen LogP contribution in [0.25, 0.3) is 98.8 Å². The molecule has 3 aromatic heterocycles. The van der Waals surface area contributed by atoms with Crippen LogP contribution < -0.4 is 0 Å². The topological polar surface area (TPSA) is 64.7 Å². The Labute approximate surface area is 291 Å². The van der Waals surface area contributed by atoms with Gasteiger partial charge in [-0.2, -0.15) is 0 Å². The molecule has 50 heavy (non-hydrogen) atoms. The first-order valence-electron chi connectivity index (χ1n) is 16.5. The van der Waals surface area contributed by atoms with Crippen LogP contribution in [0.5, 0.6) is 0 Å². The molecule has 10 rings (SSSR count). The van der Waals surface area contributed by atoms with Gasteiger partial charge in [-0.3, -0.25) is 0 Å². The Morgan fingerprint density at radius 2 is 1.00 bits per heavy atom. The van der Waals surface area contributed by atoms with Gasteiger partial charge in [-0.1, -0.05) is 121 Å². The van der Waals surface area contributed by atoms with Crippen LogP contribution in [0, 0.1) is 0 Å². The smallest absolute Gasteiger partial charge is 0.227 e. The van der Waals surface area contributed by atoms with Crippen LogP contribution in [-0.4, -0.2) is 19.9 Å². The molecule has 0 N–H and O–H groups in total. The Hall–Kier alpha value is -6.50. The van der Waals surface area contributed by atoms with Crippen LogP contribution in [0.15, 0.2) is 162 Å². The highest BCUT2D eigenvalue weighted by Crippen LogP contribution is 2.42. The maximum atomic E-state index is 6.58. The molecule has 0 saturated carbocycles. The molecule has 0 fully saturated rings. The monoisotopic (exact) mass is 658 g/mol. The van der Waals surface area contributed by atoms with Crippen molar-refractivity contribution < 1.29 is 4.42 Å². The van der Waals surface area contributed by atoms with Gasteiger partial charge in [0.25, 0.3) is 0 Å². The van der Waals surface area contributed by atoms with E-state index in [0.29, 0.717) is 23.4 Å². The van der Waals surface area contributed by atoms with E-state index in [1.54, 1.807) is 0 Å². The van der Waals surface area contributed by atoms with Gasteiger partial charge in [0.2, 0.25) is 5.89 Å². The lowest BCUT2D eigenvalue weighted by Crippen LogP contribution is -2.00. The number of aromatic nitrogens is 4. The molecule has 7 aromatic carbocycles. The number of fused-ring (bicyclic) bond motifs is 7. The molecular weight excluding hydrogens is 633 g/mol. The van der Waals surface area contributed by atoms with Crippen LogP contribution in [0.1, 0.15) is 0 Å². The molecular formula is C44H26N4OS. The highest BCUT2D eigenvalue weighted by atomic mass is 32.1. The van der Waals surface area contributed by atoms with Crippen LogP contribution in [0.4, 0.5) is 0 Å². The molecule has 10 aromatic rings. The van der Waals surface area contributed by atoms with E-state index in [9.17, 15) is 0 Å². The largest absolute Gasteiger partial charge is 0.435 e. The van der Waals surface area contributed by atoms with Crippen molar-refractivity contribution in [2.24, 2.45) is 0 Å². The number of thiophene rings is 1. The standard InChI is InChI=1S/C44H26N4OS/c1-3-10-29(11-4-1)41-46-42(30-12-5-2-6-13-30)48-43(47-41)33-15-9-14-32(26-33)27-18-20-31(21-19-27)44-45-35-24-22-28-23-25-37-39(38(28)40(35)49-44)34-16-7-8-17-36(34)50-37/h1-26H. The van der Waals surface area contributed by atoms with Crippen LogP contribution >= 0.6 is 11.3 Å². The van der Waals surface area contributed by atoms with E-state index in [-0.39, 0.29) is 0 Å². The van der Waals surface area contributed by atoms with E-state index in [1.807, 2.05) is 84.1 Å². The van der Waals surface area contributed by atoms with Crippen molar-refractivity contribution in [1.82, 2.24) is 19.9 Å². The Balaban J connectivity index is 1.03. The minimum absolute atomic E-state index is 0.608. The first-order valence-corrected chi connectivity index (χ1v) is 17.3. The van der Waals surface area contributed by atoms with Crippen LogP contribution in [0.2, 0.25) is 0 Å². The molecule has 3 heterocycles. The zero-order valence-electron chi connectivity index (χ0n) is 26.6. The van der Waals surface area contributed by atoms with Crippen LogP contribution in [0.3, 0.4) is 0 Å². The van der Waals surface area contributed by atoms with E-state index in [2.05, 4.69) is 84.9 Å². The van der Waals surface area contributed by atoms with Crippen molar-refractivity contribution in [3.63, 3.8) is 0 Å². The number of nitrogens with zero attached hydrogens (tertiary/aromatic N) is 4. The minimum atomic E-state index is 0.608. The summed E-state index contributed by atoms with van der Waals surface area (Å²) >= 11 is 1.81. The predicted molar refractivity (Wildman–Crippen MR) is 205 cm³/mol. The average molecular weight is 659 g/mol. The van der Waals surface area contributed by atoms with Gasteiger partial charge in [0.15, 0.2) is 23.1 Å². The molecule has 0 amide bonds. The molecule has 0 spiro atoms. The third-order valence-corrected chi connectivity index (χ3v) is 10.3. The lowest BCUT2D eigenvalue weighted by molar-refractivity contribution is 0.623. The summed E-state index contributed by atoms with van der Waals surface area (Å²) < 4.78 is 9.11. The van der Waals surface area contributed by atoms with Gasteiger partial charge in [0.05, 0.1) is 0 Å². The van der Waals surface area contributed by atoms with Gasteiger partial charge in [-0.05, 0) is 52.9 Å². The number of hydrogen-bond acceptors (Lipinski definition) is 6. The van der Waals surface area contributed by atoms with Crippen molar-refractivity contribution in [2.75, 3.05) is 0 Å². The van der Waals surface area contributed by atoms with Gasteiger partial charge in [-0.25, -0.2) is 19.9 Å². The minimum Gasteiger partial charge on any atom is -0.435 e. The number of rotatable bonds is 5. The molecule has 0 atom stereocenters. The Morgan fingerprint density at radius 1 is 0.400 bits per heavy atom. The maximum absolute atomic E-state index is 6.58. The van der Waals surface area contributed by atoms with Crippen molar-refractivity contribution in [2.45, 2.75) is 0 Å². The molecule has 6 heteroatoms. The van der Waals surface area contributed by atoms with Crippen molar-refractivity contribution >= 4 is 53.4 Å². The molecule has 0 aliphatic heterocycles. The fourth-order valence-corrected chi connectivity index (χ4v) is 7.83. The summed E-state index contributed by atoms with van der Waals surface area (Å²) in [4.78, 5) is 19.6. The van der Waals surface area contributed by atoms with E-state index in [1.165, 1.54) is 20.2 Å². The van der Waals surface area contributed by atoms with Gasteiger partial charge in [0, 0.05) is 47.8 Å². The van der Waals surface area contributed by atoms with Gasteiger partial charge in [0.1, 0.15) is 5.52 Å². The normalized spacial score (nSPS) is 11.6. The highest BCUT2D eigenvalue weighted by molar-refractivity contribution is 7.26.